The molecule has 0 atom stereocenters. The van der Waals surface area contributed by atoms with Gasteiger partial charge >= 0.3 is 0 Å². The van der Waals surface area contributed by atoms with Crippen molar-refractivity contribution in [3.63, 3.8) is 0 Å². The van der Waals surface area contributed by atoms with Crippen LogP contribution in [0.15, 0.2) is 47.0 Å². The van der Waals surface area contributed by atoms with E-state index in [4.69, 9.17) is 28.9 Å². The van der Waals surface area contributed by atoms with Crippen LogP contribution in [0.25, 0.3) is 11.4 Å². The molecule has 1 aliphatic heterocycles. The third kappa shape index (κ3) is 3.00. The third-order valence-electron chi connectivity index (χ3n) is 2.85. The maximum Gasteiger partial charge on any atom is 0.222 e. The van der Waals surface area contributed by atoms with Gasteiger partial charge in [-0.25, -0.2) is 9.97 Å². The monoisotopic (exact) mass is 336 g/mol. The Morgan fingerprint density at radius 1 is 1.19 bits per heavy atom. The van der Waals surface area contributed by atoms with Gasteiger partial charge in [-0.1, -0.05) is 41.6 Å². The first-order chi connectivity index (χ1) is 10.1. The minimum Gasteiger partial charge on any atom is -0.395 e. The Morgan fingerprint density at radius 2 is 2.00 bits per heavy atom. The molecule has 4 nitrogen and oxygen atoms in total. The van der Waals surface area contributed by atoms with Crippen molar-refractivity contribution in [2.45, 2.75) is 0 Å². The molecule has 0 saturated heterocycles. The Kier molecular flexibility index (Phi) is 4.05. The van der Waals surface area contributed by atoms with Crippen molar-refractivity contribution in [1.82, 2.24) is 15.3 Å². The number of nitrogens with one attached hydrogen (secondary N) is 1. The average molecular weight is 337 g/mol. The summed E-state index contributed by atoms with van der Waals surface area (Å²) in [5.41, 5.74) is 9.06. The van der Waals surface area contributed by atoms with Gasteiger partial charge in [0.05, 0.1) is 17.1 Å². The molecular weight excluding hydrogens is 327 g/mol. The Labute approximate surface area is 136 Å². The molecule has 106 valence electrons. The average Bonchev–Trinajstić information content (AvgIpc) is 2.96. The Morgan fingerprint density at radius 3 is 2.76 bits per heavy atom. The van der Waals surface area contributed by atoms with Crippen LogP contribution in [0.3, 0.4) is 0 Å². The van der Waals surface area contributed by atoms with Crippen LogP contribution >= 0.6 is 35.0 Å². The number of nitrogens with two attached hydrogens (primary N) is 1. The first kappa shape index (κ1) is 14.3. The van der Waals surface area contributed by atoms with Crippen molar-refractivity contribution in [3.05, 3.63) is 68.5 Å². The first-order valence-corrected chi connectivity index (χ1v) is 7.66. The lowest BCUT2D eigenvalue weighted by Gasteiger charge is -2.09. The molecule has 1 aliphatic rings. The van der Waals surface area contributed by atoms with E-state index in [0.717, 1.165) is 16.3 Å². The van der Waals surface area contributed by atoms with Gasteiger partial charge in [-0.3, -0.25) is 0 Å². The molecule has 0 amide bonds. The molecule has 1 aromatic heterocycles. The van der Waals surface area contributed by atoms with Crippen LogP contribution in [0, 0.1) is 0 Å². The molecule has 3 N–H and O–H groups in total. The maximum absolute atomic E-state index is 6.19. The van der Waals surface area contributed by atoms with Crippen LogP contribution in [0.5, 0.6) is 0 Å². The predicted octanol–water partition coefficient (Wildman–Crippen LogP) is 3.70. The summed E-state index contributed by atoms with van der Waals surface area (Å²) in [6.45, 7) is 0. The van der Waals surface area contributed by atoms with Gasteiger partial charge in [0.1, 0.15) is 5.03 Å². The van der Waals surface area contributed by atoms with Crippen LogP contribution in [0.1, 0.15) is 11.3 Å². The fourth-order valence-electron chi connectivity index (χ4n) is 1.84. The zero-order valence-corrected chi connectivity index (χ0v) is 13.0. The van der Waals surface area contributed by atoms with E-state index in [1.54, 1.807) is 12.3 Å². The maximum atomic E-state index is 6.19. The van der Waals surface area contributed by atoms with E-state index in [1.165, 1.54) is 11.8 Å². The van der Waals surface area contributed by atoms with Crippen molar-refractivity contribution in [1.29, 1.82) is 0 Å². The summed E-state index contributed by atoms with van der Waals surface area (Å²) < 4.78 is 0. The van der Waals surface area contributed by atoms with Crippen LogP contribution in [-0.4, -0.2) is 9.97 Å². The highest BCUT2D eigenvalue weighted by Gasteiger charge is 2.17. The highest BCUT2D eigenvalue weighted by molar-refractivity contribution is 8.06. The summed E-state index contributed by atoms with van der Waals surface area (Å²) in [5, 5.41) is 6.86. The lowest BCUT2D eigenvalue weighted by molar-refractivity contribution is 1.12. The van der Waals surface area contributed by atoms with Crippen LogP contribution in [0.4, 0.5) is 0 Å². The minimum absolute atomic E-state index is 0.165. The molecule has 21 heavy (non-hydrogen) atoms. The highest BCUT2D eigenvalue weighted by atomic mass is 35.5. The molecular formula is C14H10Cl2N4S. The molecule has 0 fully saturated rings. The number of thioether (sulfide) groups is 1. The van der Waals surface area contributed by atoms with Crippen molar-refractivity contribution >= 4 is 46.4 Å². The number of nitrogens with zero attached hydrogens (tertiary/aromatic N) is 2. The molecule has 3 rings (SSSR count). The van der Waals surface area contributed by atoms with Crippen LogP contribution < -0.4 is 11.1 Å². The van der Waals surface area contributed by atoms with Gasteiger partial charge in [0, 0.05) is 22.2 Å². The summed E-state index contributed by atoms with van der Waals surface area (Å²) in [6, 6.07) is 9.33. The summed E-state index contributed by atoms with van der Waals surface area (Å²) in [6.07, 6.45) is 1.57. The number of benzene rings is 1. The van der Waals surface area contributed by atoms with Gasteiger partial charge in [0.15, 0.2) is 0 Å². The van der Waals surface area contributed by atoms with E-state index in [-0.39, 0.29) is 5.28 Å². The summed E-state index contributed by atoms with van der Waals surface area (Å²) in [7, 11) is 0. The molecule has 0 unspecified atom stereocenters. The minimum atomic E-state index is 0.165. The van der Waals surface area contributed by atoms with Gasteiger partial charge < -0.3 is 11.1 Å². The second-order valence-corrected chi connectivity index (χ2v) is 5.83. The second-order valence-electron chi connectivity index (χ2n) is 4.21. The number of hydrogen-bond acceptors (Lipinski definition) is 5. The zero-order chi connectivity index (χ0) is 14.8. The van der Waals surface area contributed by atoms with E-state index in [1.807, 2.05) is 29.7 Å². The fraction of sp³-hybridized carbons (Fsp3) is 0. The standard InChI is InChI=1S/C14H10Cl2N4S/c15-9-4-2-1-3-8(9)11-7-21-13(19-11)12(17)10-5-6-18-14(16)20-10/h1-7,19H,17H2/b13-12+. The highest BCUT2D eigenvalue weighted by Crippen LogP contribution is 2.35. The number of aromatic nitrogens is 2. The van der Waals surface area contributed by atoms with Crippen molar-refractivity contribution in [3.8, 4) is 0 Å². The van der Waals surface area contributed by atoms with E-state index < -0.39 is 0 Å². The number of hydrogen-bond donors (Lipinski definition) is 2. The van der Waals surface area contributed by atoms with Crippen LogP contribution in [-0.2, 0) is 0 Å². The van der Waals surface area contributed by atoms with Gasteiger partial charge in [-0.05, 0) is 23.7 Å². The molecule has 0 spiro atoms. The molecule has 0 aliphatic carbocycles. The molecule has 0 radical (unpaired) electrons. The van der Waals surface area contributed by atoms with Crippen LogP contribution in [0.2, 0.25) is 10.3 Å². The van der Waals surface area contributed by atoms with E-state index >= 15 is 0 Å². The van der Waals surface area contributed by atoms with Gasteiger partial charge in [-0.15, -0.1) is 0 Å². The molecule has 0 bridgehead atoms. The normalized spacial score (nSPS) is 16.4. The molecule has 2 aromatic rings. The Bertz CT molecular complexity index is 758. The lowest BCUT2D eigenvalue weighted by Crippen LogP contribution is -2.12. The number of halogens is 2. The first-order valence-electron chi connectivity index (χ1n) is 6.02. The quantitative estimate of drug-likeness (QED) is 0.818. The molecule has 2 heterocycles. The SMILES string of the molecule is N/C(=C1\NC(c2ccccc2Cl)=CS1)c1ccnc(Cl)n1. The van der Waals surface area contributed by atoms with E-state index in [2.05, 4.69) is 15.3 Å². The summed E-state index contributed by atoms with van der Waals surface area (Å²) in [4.78, 5) is 7.94. The lowest BCUT2D eigenvalue weighted by atomic mass is 10.2. The van der Waals surface area contributed by atoms with Gasteiger partial charge in [0.2, 0.25) is 5.28 Å². The zero-order valence-electron chi connectivity index (χ0n) is 10.7. The van der Waals surface area contributed by atoms with Crippen molar-refractivity contribution in [2.75, 3.05) is 0 Å². The Hall–Kier alpha value is -1.69. The third-order valence-corrected chi connectivity index (χ3v) is 4.28. The summed E-state index contributed by atoms with van der Waals surface area (Å²) >= 11 is 13.5. The van der Waals surface area contributed by atoms with Gasteiger partial charge in [0.25, 0.3) is 0 Å². The molecule has 0 saturated carbocycles. The van der Waals surface area contributed by atoms with Crippen molar-refractivity contribution < 1.29 is 0 Å². The van der Waals surface area contributed by atoms with Crippen molar-refractivity contribution in [2.24, 2.45) is 5.73 Å². The van der Waals surface area contributed by atoms with E-state index in [9.17, 15) is 0 Å². The second kappa shape index (κ2) is 5.97. The fourth-order valence-corrected chi connectivity index (χ4v) is 3.05. The molecule has 1 aromatic carbocycles. The predicted molar refractivity (Wildman–Crippen MR) is 88.3 cm³/mol. The number of rotatable bonds is 2. The Balaban J connectivity index is 1.89. The largest absolute Gasteiger partial charge is 0.395 e. The van der Waals surface area contributed by atoms with E-state index in [0.29, 0.717) is 16.4 Å². The molecule has 7 heteroatoms. The summed E-state index contributed by atoms with van der Waals surface area (Å²) in [5.74, 6) is 0. The van der Waals surface area contributed by atoms with Gasteiger partial charge in [-0.2, -0.15) is 0 Å². The smallest absolute Gasteiger partial charge is 0.222 e. The topological polar surface area (TPSA) is 63.8 Å².